The highest BCUT2D eigenvalue weighted by Crippen LogP contribution is 2.28. The molecule has 2 aromatic carbocycles. The molecule has 0 aromatic heterocycles. The van der Waals surface area contributed by atoms with E-state index in [1.807, 2.05) is 32.0 Å². The molecular formula is C18H21Cl2NO3S. The molecule has 0 aliphatic carbocycles. The van der Waals surface area contributed by atoms with E-state index < -0.39 is 10.0 Å². The van der Waals surface area contributed by atoms with Crippen molar-refractivity contribution in [1.82, 2.24) is 4.72 Å². The molecule has 0 aliphatic heterocycles. The number of aryl methyl sites for hydroxylation is 1. The number of nitrogens with one attached hydrogen (secondary N) is 1. The van der Waals surface area contributed by atoms with Crippen LogP contribution in [0, 0.1) is 6.92 Å². The summed E-state index contributed by atoms with van der Waals surface area (Å²) < 4.78 is 33.2. The molecule has 2 aromatic rings. The number of methoxy groups -OCH3 is 1. The fourth-order valence-electron chi connectivity index (χ4n) is 2.62. The van der Waals surface area contributed by atoms with Gasteiger partial charge in [-0.15, -0.1) is 0 Å². The first kappa shape index (κ1) is 20.0. The van der Waals surface area contributed by atoms with Crippen LogP contribution in [-0.2, 0) is 15.8 Å². The second kappa shape index (κ2) is 8.41. The summed E-state index contributed by atoms with van der Waals surface area (Å²) in [6.45, 7) is 3.85. The Morgan fingerprint density at radius 2 is 1.80 bits per heavy atom. The van der Waals surface area contributed by atoms with Gasteiger partial charge in [-0.1, -0.05) is 48.3 Å². The van der Waals surface area contributed by atoms with Crippen LogP contribution in [0.25, 0.3) is 0 Å². The van der Waals surface area contributed by atoms with E-state index in [2.05, 4.69) is 4.72 Å². The van der Waals surface area contributed by atoms with Gasteiger partial charge in [0, 0.05) is 21.7 Å². The third-order valence-corrected chi connectivity index (χ3v) is 5.97. The molecule has 0 heterocycles. The molecule has 4 nitrogen and oxygen atoms in total. The standard InChI is InChI=1S/C18H21Cl2NO3S/c1-4-17(13-8-9-18(24-3)12(2)10-13)21-25(22,23)11-14-15(19)6-5-7-16(14)20/h5-10,17,21H,4,11H2,1-3H3/t17-/m0/s1. The number of hydrogen-bond acceptors (Lipinski definition) is 3. The Kier molecular flexibility index (Phi) is 6.74. The molecule has 7 heteroatoms. The van der Waals surface area contributed by atoms with Crippen molar-refractivity contribution in [1.29, 1.82) is 0 Å². The van der Waals surface area contributed by atoms with Crippen molar-refractivity contribution in [3.63, 3.8) is 0 Å². The minimum absolute atomic E-state index is 0.267. The smallest absolute Gasteiger partial charge is 0.216 e. The number of hydrogen-bond donors (Lipinski definition) is 1. The summed E-state index contributed by atoms with van der Waals surface area (Å²) in [4.78, 5) is 0. The lowest BCUT2D eigenvalue weighted by atomic mass is 10.0. The molecule has 0 radical (unpaired) electrons. The molecule has 0 saturated carbocycles. The first-order valence-corrected chi connectivity index (χ1v) is 10.3. The van der Waals surface area contributed by atoms with Gasteiger partial charge in [-0.25, -0.2) is 13.1 Å². The lowest BCUT2D eigenvalue weighted by Crippen LogP contribution is -2.29. The van der Waals surface area contributed by atoms with Crippen molar-refractivity contribution >= 4 is 33.2 Å². The van der Waals surface area contributed by atoms with Crippen molar-refractivity contribution < 1.29 is 13.2 Å². The van der Waals surface area contributed by atoms with Crippen LogP contribution in [0.2, 0.25) is 10.0 Å². The van der Waals surface area contributed by atoms with Crippen LogP contribution in [0.5, 0.6) is 5.75 Å². The molecule has 0 fully saturated rings. The van der Waals surface area contributed by atoms with Crippen LogP contribution in [0.15, 0.2) is 36.4 Å². The zero-order chi connectivity index (χ0) is 18.6. The van der Waals surface area contributed by atoms with Crippen LogP contribution >= 0.6 is 23.2 Å². The molecule has 1 N–H and O–H groups in total. The Morgan fingerprint density at radius 1 is 1.16 bits per heavy atom. The fourth-order valence-corrected chi connectivity index (χ4v) is 4.82. The Balaban J connectivity index is 2.24. The second-order valence-corrected chi connectivity index (χ2v) is 8.34. The normalized spacial score (nSPS) is 12.8. The van der Waals surface area contributed by atoms with E-state index in [1.165, 1.54) is 0 Å². The van der Waals surface area contributed by atoms with Crippen molar-refractivity contribution in [2.75, 3.05) is 7.11 Å². The predicted molar refractivity (Wildman–Crippen MR) is 103 cm³/mol. The lowest BCUT2D eigenvalue weighted by molar-refractivity contribution is 0.411. The zero-order valence-corrected chi connectivity index (χ0v) is 16.7. The molecule has 0 bridgehead atoms. The summed E-state index contributed by atoms with van der Waals surface area (Å²) in [5.41, 5.74) is 2.24. The van der Waals surface area contributed by atoms with Crippen LogP contribution in [0.4, 0.5) is 0 Å². The number of sulfonamides is 1. The van der Waals surface area contributed by atoms with Crippen molar-refractivity contribution in [3.8, 4) is 5.75 Å². The van der Waals surface area contributed by atoms with E-state index in [0.717, 1.165) is 16.9 Å². The largest absolute Gasteiger partial charge is 0.496 e. The predicted octanol–water partition coefficient (Wildman–Crippen LogP) is 4.88. The Bertz CT molecular complexity index is 833. The van der Waals surface area contributed by atoms with Crippen molar-refractivity contribution in [2.24, 2.45) is 0 Å². The average molecular weight is 402 g/mol. The van der Waals surface area contributed by atoms with E-state index >= 15 is 0 Å². The maximum Gasteiger partial charge on any atom is 0.216 e. The fraction of sp³-hybridized carbons (Fsp3) is 0.333. The van der Waals surface area contributed by atoms with Gasteiger partial charge in [0.15, 0.2) is 0 Å². The molecule has 2 rings (SSSR count). The zero-order valence-electron chi connectivity index (χ0n) is 14.3. The van der Waals surface area contributed by atoms with E-state index in [4.69, 9.17) is 27.9 Å². The Labute approximate surface area is 159 Å². The molecule has 0 aliphatic rings. The maximum atomic E-state index is 12.6. The molecule has 0 amide bonds. The van der Waals surface area contributed by atoms with Gasteiger partial charge >= 0.3 is 0 Å². The first-order chi connectivity index (χ1) is 11.8. The minimum atomic E-state index is -3.62. The number of ether oxygens (including phenoxy) is 1. The van der Waals surface area contributed by atoms with E-state index in [-0.39, 0.29) is 11.8 Å². The molecule has 0 spiro atoms. The minimum Gasteiger partial charge on any atom is -0.496 e. The van der Waals surface area contributed by atoms with Crippen LogP contribution in [-0.4, -0.2) is 15.5 Å². The Hall–Kier alpha value is -1.27. The van der Waals surface area contributed by atoms with Gasteiger partial charge in [-0.05, 0) is 42.7 Å². The monoisotopic (exact) mass is 401 g/mol. The van der Waals surface area contributed by atoms with Gasteiger partial charge in [0.05, 0.1) is 12.9 Å². The maximum absolute atomic E-state index is 12.6. The van der Waals surface area contributed by atoms with Gasteiger partial charge in [0.25, 0.3) is 0 Å². The number of rotatable bonds is 7. The molecular weight excluding hydrogens is 381 g/mol. The van der Waals surface area contributed by atoms with E-state index in [1.54, 1.807) is 25.3 Å². The van der Waals surface area contributed by atoms with Crippen LogP contribution < -0.4 is 9.46 Å². The summed E-state index contributed by atoms with van der Waals surface area (Å²) in [7, 11) is -2.01. The van der Waals surface area contributed by atoms with Gasteiger partial charge in [-0.3, -0.25) is 0 Å². The molecule has 1 atom stereocenters. The average Bonchev–Trinajstić information content (AvgIpc) is 2.56. The molecule has 25 heavy (non-hydrogen) atoms. The highest BCUT2D eigenvalue weighted by atomic mass is 35.5. The SMILES string of the molecule is CC[C@H](NS(=O)(=O)Cc1c(Cl)cccc1Cl)c1ccc(OC)c(C)c1. The molecule has 0 unspecified atom stereocenters. The van der Waals surface area contributed by atoms with Gasteiger partial charge in [0.1, 0.15) is 5.75 Å². The van der Waals surface area contributed by atoms with Gasteiger partial charge in [-0.2, -0.15) is 0 Å². The Morgan fingerprint density at radius 3 is 2.32 bits per heavy atom. The third kappa shape index (κ3) is 5.11. The van der Waals surface area contributed by atoms with Crippen LogP contribution in [0.3, 0.4) is 0 Å². The van der Waals surface area contributed by atoms with Gasteiger partial charge in [0.2, 0.25) is 10.0 Å². The van der Waals surface area contributed by atoms with E-state index in [0.29, 0.717) is 22.0 Å². The summed E-state index contributed by atoms with van der Waals surface area (Å²) in [5, 5.41) is 0.678. The highest BCUT2D eigenvalue weighted by molar-refractivity contribution is 7.88. The number of benzene rings is 2. The van der Waals surface area contributed by atoms with Crippen molar-refractivity contribution in [3.05, 3.63) is 63.1 Å². The summed E-state index contributed by atoms with van der Waals surface area (Å²) in [6, 6.07) is 10.2. The number of halogens is 2. The molecule has 0 saturated heterocycles. The first-order valence-electron chi connectivity index (χ1n) is 7.84. The van der Waals surface area contributed by atoms with Crippen molar-refractivity contribution in [2.45, 2.75) is 32.1 Å². The lowest BCUT2D eigenvalue weighted by Gasteiger charge is -2.19. The summed E-state index contributed by atoms with van der Waals surface area (Å²) in [5.74, 6) is 0.501. The molecule has 136 valence electrons. The van der Waals surface area contributed by atoms with Gasteiger partial charge < -0.3 is 4.74 Å². The van der Waals surface area contributed by atoms with Crippen LogP contribution in [0.1, 0.15) is 36.1 Å². The highest BCUT2D eigenvalue weighted by Gasteiger charge is 2.21. The van der Waals surface area contributed by atoms with E-state index in [9.17, 15) is 8.42 Å². The topological polar surface area (TPSA) is 55.4 Å². The second-order valence-electron chi connectivity index (χ2n) is 5.77. The quantitative estimate of drug-likeness (QED) is 0.718. The summed E-state index contributed by atoms with van der Waals surface area (Å²) in [6.07, 6.45) is 0.612. The third-order valence-electron chi connectivity index (χ3n) is 3.95. The summed E-state index contributed by atoms with van der Waals surface area (Å²) >= 11 is 12.2.